The second-order valence-corrected chi connectivity index (χ2v) is 8.18. The number of hydrogen-bond donors (Lipinski definition) is 1. The van der Waals surface area contributed by atoms with Crippen molar-refractivity contribution < 1.29 is 22.7 Å². The summed E-state index contributed by atoms with van der Waals surface area (Å²) < 4.78 is 30.7. The number of carbonyl (C=O) groups excluding carboxylic acids is 2. The molecule has 0 radical (unpaired) electrons. The van der Waals surface area contributed by atoms with Gasteiger partial charge in [-0.2, -0.15) is 0 Å². The molecule has 0 unspecified atom stereocenters. The fourth-order valence-corrected chi connectivity index (χ4v) is 3.61. The van der Waals surface area contributed by atoms with Gasteiger partial charge in [0.2, 0.25) is 10.0 Å². The van der Waals surface area contributed by atoms with Crippen LogP contribution in [0.25, 0.3) is 0 Å². The molecule has 9 heteroatoms. The number of nitrogens with one attached hydrogen (secondary N) is 1. The van der Waals surface area contributed by atoms with Gasteiger partial charge in [-0.25, -0.2) is 17.5 Å². The maximum Gasteiger partial charge on any atom is 0.340 e. The number of sulfonamides is 1. The number of nitrogens with zero attached hydrogens (tertiary/aromatic N) is 1. The number of anilines is 1. The third-order valence-electron chi connectivity index (χ3n) is 3.62. The van der Waals surface area contributed by atoms with E-state index >= 15 is 0 Å². The van der Waals surface area contributed by atoms with E-state index in [2.05, 4.69) is 5.32 Å². The molecule has 0 atom stereocenters. The van der Waals surface area contributed by atoms with Gasteiger partial charge >= 0.3 is 5.97 Å². The first-order valence-electron chi connectivity index (χ1n) is 7.98. The molecule has 0 aliphatic rings. The fraction of sp³-hybridized carbons (Fsp3) is 0.222. The van der Waals surface area contributed by atoms with Crippen LogP contribution in [0.5, 0.6) is 0 Å². The molecule has 0 aromatic heterocycles. The summed E-state index contributed by atoms with van der Waals surface area (Å²) in [7, 11) is -1.08. The van der Waals surface area contributed by atoms with E-state index in [1.165, 1.54) is 38.4 Å². The van der Waals surface area contributed by atoms with Crippen molar-refractivity contribution in [3.8, 4) is 0 Å². The Kier molecular flexibility index (Phi) is 6.59. The summed E-state index contributed by atoms with van der Waals surface area (Å²) >= 11 is 5.99. The smallest absolute Gasteiger partial charge is 0.340 e. The molecule has 7 nitrogen and oxygen atoms in total. The largest absolute Gasteiger partial charge is 0.462 e. The zero-order valence-corrected chi connectivity index (χ0v) is 16.6. The first-order chi connectivity index (χ1) is 12.7. The number of esters is 1. The minimum Gasteiger partial charge on any atom is -0.462 e. The number of benzene rings is 2. The molecule has 0 fully saturated rings. The van der Waals surface area contributed by atoms with Gasteiger partial charge in [0.05, 0.1) is 22.9 Å². The lowest BCUT2D eigenvalue weighted by Gasteiger charge is -2.14. The van der Waals surface area contributed by atoms with Gasteiger partial charge in [0.15, 0.2) is 0 Å². The van der Waals surface area contributed by atoms with Gasteiger partial charge in [-0.05, 0) is 37.3 Å². The molecule has 144 valence electrons. The molecule has 2 aromatic carbocycles. The van der Waals surface area contributed by atoms with E-state index in [1.807, 2.05) is 0 Å². The molecule has 1 N–H and O–H groups in total. The Morgan fingerprint density at radius 2 is 1.81 bits per heavy atom. The zero-order valence-electron chi connectivity index (χ0n) is 15.0. The summed E-state index contributed by atoms with van der Waals surface area (Å²) in [6.45, 7) is 1.88. The van der Waals surface area contributed by atoms with E-state index in [0.717, 1.165) is 4.31 Å². The van der Waals surface area contributed by atoms with Crippen LogP contribution in [0.3, 0.4) is 0 Å². The van der Waals surface area contributed by atoms with Crippen molar-refractivity contribution in [1.82, 2.24) is 4.31 Å². The average molecular weight is 411 g/mol. The quantitative estimate of drug-likeness (QED) is 0.739. The predicted octanol–water partition coefficient (Wildman–Crippen LogP) is 3.02. The summed E-state index contributed by atoms with van der Waals surface area (Å²) in [6.07, 6.45) is 0. The average Bonchev–Trinajstić information content (AvgIpc) is 2.62. The second-order valence-electron chi connectivity index (χ2n) is 5.65. The van der Waals surface area contributed by atoms with Gasteiger partial charge in [-0.3, -0.25) is 4.79 Å². The Balaban J connectivity index is 2.37. The van der Waals surface area contributed by atoms with Gasteiger partial charge in [0.1, 0.15) is 4.90 Å². The van der Waals surface area contributed by atoms with Crippen molar-refractivity contribution in [1.29, 1.82) is 0 Å². The van der Waals surface area contributed by atoms with Gasteiger partial charge in [0, 0.05) is 19.7 Å². The number of amides is 1. The minimum atomic E-state index is -3.82. The Morgan fingerprint density at radius 3 is 2.44 bits per heavy atom. The maximum atomic E-state index is 12.6. The zero-order chi connectivity index (χ0) is 20.2. The van der Waals surface area contributed by atoms with Crippen LogP contribution in [0, 0.1) is 0 Å². The molecule has 0 heterocycles. The van der Waals surface area contributed by atoms with Crippen LogP contribution in [-0.4, -0.2) is 45.3 Å². The highest BCUT2D eigenvalue weighted by atomic mass is 35.5. The van der Waals surface area contributed by atoms with Crippen LogP contribution in [0.4, 0.5) is 5.69 Å². The summed E-state index contributed by atoms with van der Waals surface area (Å²) in [5, 5.41) is 2.61. The van der Waals surface area contributed by atoms with Crippen LogP contribution in [0.15, 0.2) is 47.4 Å². The Morgan fingerprint density at radius 1 is 1.15 bits per heavy atom. The first kappa shape index (κ1) is 20.9. The molecular weight excluding hydrogens is 392 g/mol. The van der Waals surface area contributed by atoms with Crippen LogP contribution in [0.1, 0.15) is 27.6 Å². The number of halogens is 1. The molecule has 0 saturated heterocycles. The molecule has 0 bridgehead atoms. The lowest BCUT2D eigenvalue weighted by molar-refractivity contribution is 0.0527. The van der Waals surface area contributed by atoms with E-state index in [4.69, 9.17) is 16.3 Å². The number of ether oxygens (including phenoxy) is 1. The fourth-order valence-electron chi connectivity index (χ4n) is 2.21. The van der Waals surface area contributed by atoms with Crippen LogP contribution < -0.4 is 5.32 Å². The highest BCUT2D eigenvalue weighted by Crippen LogP contribution is 2.25. The first-order valence-corrected chi connectivity index (χ1v) is 9.80. The topological polar surface area (TPSA) is 92.8 Å². The van der Waals surface area contributed by atoms with Crippen molar-refractivity contribution in [2.75, 3.05) is 26.0 Å². The Labute approximate surface area is 162 Å². The molecule has 27 heavy (non-hydrogen) atoms. The van der Waals surface area contributed by atoms with Crippen LogP contribution in [-0.2, 0) is 14.8 Å². The van der Waals surface area contributed by atoms with Crippen molar-refractivity contribution >= 4 is 39.2 Å². The number of para-hydroxylation sites is 1. The third kappa shape index (κ3) is 4.65. The summed E-state index contributed by atoms with van der Waals surface area (Å²) in [6, 6.07) is 10.3. The Bertz CT molecular complexity index is 973. The van der Waals surface area contributed by atoms with E-state index in [0.29, 0.717) is 0 Å². The SMILES string of the molecule is CCOC(=O)c1ccccc1NC(=O)c1ccc(Cl)c(S(=O)(=O)N(C)C)c1. The number of hydrogen-bond acceptors (Lipinski definition) is 5. The molecule has 0 saturated carbocycles. The van der Waals surface area contributed by atoms with Gasteiger partial charge in [0.25, 0.3) is 5.91 Å². The predicted molar refractivity (Wildman–Crippen MR) is 103 cm³/mol. The van der Waals surface area contributed by atoms with Gasteiger partial charge in [-0.1, -0.05) is 23.7 Å². The molecule has 0 aliphatic heterocycles. The van der Waals surface area contributed by atoms with Crippen LogP contribution >= 0.6 is 11.6 Å². The summed E-state index contributed by atoms with van der Waals surface area (Å²) in [5.41, 5.74) is 0.536. The molecule has 2 rings (SSSR count). The normalized spacial score (nSPS) is 11.3. The third-order valence-corrected chi connectivity index (χ3v) is 5.92. The van der Waals surface area contributed by atoms with Gasteiger partial charge < -0.3 is 10.1 Å². The molecular formula is C18H19ClN2O5S. The van der Waals surface area contributed by atoms with Crippen molar-refractivity contribution in [3.63, 3.8) is 0 Å². The number of rotatable bonds is 6. The maximum absolute atomic E-state index is 12.6. The Hall–Kier alpha value is -2.42. The molecule has 2 aromatic rings. The summed E-state index contributed by atoms with van der Waals surface area (Å²) in [5.74, 6) is -1.15. The van der Waals surface area contributed by atoms with E-state index < -0.39 is 21.9 Å². The monoisotopic (exact) mass is 410 g/mol. The molecule has 0 spiro atoms. The van der Waals surface area contributed by atoms with E-state index in [1.54, 1.807) is 25.1 Å². The van der Waals surface area contributed by atoms with Gasteiger partial charge in [-0.15, -0.1) is 0 Å². The second kappa shape index (κ2) is 8.51. The summed E-state index contributed by atoms with van der Waals surface area (Å²) in [4.78, 5) is 24.4. The van der Waals surface area contributed by atoms with E-state index in [-0.39, 0.29) is 33.3 Å². The molecule has 1 amide bonds. The highest BCUT2D eigenvalue weighted by molar-refractivity contribution is 7.89. The standard InChI is InChI=1S/C18H19ClN2O5S/c1-4-26-18(23)13-7-5-6-8-15(13)20-17(22)12-9-10-14(19)16(11-12)27(24,25)21(2)3/h5-11H,4H2,1-3H3,(H,20,22). The van der Waals surface area contributed by atoms with Crippen molar-refractivity contribution in [2.45, 2.75) is 11.8 Å². The van der Waals surface area contributed by atoms with Crippen molar-refractivity contribution in [2.24, 2.45) is 0 Å². The highest BCUT2D eigenvalue weighted by Gasteiger charge is 2.23. The van der Waals surface area contributed by atoms with E-state index in [9.17, 15) is 18.0 Å². The van der Waals surface area contributed by atoms with Crippen LogP contribution in [0.2, 0.25) is 5.02 Å². The number of carbonyl (C=O) groups is 2. The minimum absolute atomic E-state index is 0.00664. The van der Waals surface area contributed by atoms with Crippen molar-refractivity contribution in [3.05, 3.63) is 58.6 Å². The lowest BCUT2D eigenvalue weighted by atomic mass is 10.1. The molecule has 0 aliphatic carbocycles. The lowest BCUT2D eigenvalue weighted by Crippen LogP contribution is -2.23.